The Morgan fingerprint density at radius 1 is 1.25 bits per heavy atom. The predicted molar refractivity (Wildman–Crippen MR) is 64.2 cm³/mol. The van der Waals surface area contributed by atoms with Crippen LogP contribution in [-0.4, -0.2) is 9.55 Å². The average molecular weight is 213 g/mol. The monoisotopic (exact) mass is 213 g/mol. The molecule has 0 atom stereocenters. The fraction of sp³-hybridized carbons (Fsp3) is 0.308. The SMILES string of the molecule is Nc1ccc(Cn2cncc2C2CC2)cc1. The Bertz CT molecular complexity index is 480. The van der Waals surface area contributed by atoms with Gasteiger partial charge in [-0.15, -0.1) is 0 Å². The minimum Gasteiger partial charge on any atom is -0.399 e. The zero-order chi connectivity index (χ0) is 11.0. The lowest BCUT2D eigenvalue weighted by molar-refractivity contribution is 0.742. The van der Waals surface area contributed by atoms with Gasteiger partial charge in [0.2, 0.25) is 0 Å². The molecule has 2 aromatic rings. The van der Waals surface area contributed by atoms with Gasteiger partial charge in [-0.25, -0.2) is 4.98 Å². The maximum atomic E-state index is 5.67. The Kier molecular flexibility index (Phi) is 2.17. The highest BCUT2D eigenvalue weighted by molar-refractivity contribution is 5.39. The quantitative estimate of drug-likeness (QED) is 0.795. The fourth-order valence-electron chi connectivity index (χ4n) is 2.00. The van der Waals surface area contributed by atoms with Crippen LogP contribution in [0.1, 0.15) is 30.0 Å². The number of hydrogen-bond donors (Lipinski definition) is 1. The zero-order valence-corrected chi connectivity index (χ0v) is 9.13. The fourth-order valence-corrected chi connectivity index (χ4v) is 2.00. The molecule has 0 spiro atoms. The van der Waals surface area contributed by atoms with Gasteiger partial charge in [-0.3, -0.25) is 0 Å². The molecule has 1 aromatic carbocycles. The van der Waals surface area contributed by atoms with E-state index in [0.717, 1.165) is 18.2 Å². The van der Waals surface area contributed by atoms with Crippen LogP contribution in [0.5, 0.6) is 0 Å². The van der Waals surface area contributed by atoms with E-state index in [1.54, 1.807) is 0 Å². The van der Waals surface area contributed by atoms with Crippen molar-refractivity contribution in [1.29, 1.82) is 0 Å². The molecule has 1 heterocycles. The van der Waals surface area contributed by atoms with Crippen LogP contribution in [-0.2, 0) is 6.54 Å². The molecule has 0 saturated heterocycles. The topological polar surface area (TPSA) is 43.8 Å². The summed E-state index contributed by atoms with van der Waals surface area (Å²) < 4.78 is 2.24. The van der Waals surface area contributed by atoms with Gasteiger partial charge in [0.1, 0.15) is 0 Å². The van der Waals surface area contributed by atoms with Gasteiger partial charge in [0.25, 0.3) is 0 Å². The molecule has 1 fully saturated rings. The van der Waals surface area contributed by atoms with E-state index in [4.69, 9.17) is 5.73 Å². The maximum Gasteiger partial charge on any atom is 0.0951 e. The van der Waals surface area contributed by atoms with E-state index in [9.17, 15) is 0 Å². The Balaban J connectivity index is 1.82. The molecule has 3 heteroatoms. The van der Waals surface area contributed by atoms with Crippen molar-refractivity contribution in [1.82, 2.24) is 9.55 Å². The number of imidazole rings is 1. The van der Waals surface area contributed by atoms with Gasteiger partial charge in [0.15, 0.2) is 0 Å². The zero-order valence-electron chi connectivity index (χ0n) is 9.13. The lowest BCUT2D eigenvalue weighted by atomic mass is 10.2. The molecule has 0 bridgehead atoms. The number of nitrogens with two attached hydrogens (primary N) is 1. The normalized spacial score (nSPS) is 15.2. The van der Waals surface area contributed by atoms with Gasteiger partial charge in [-0.05, 0) is 30.5 Å². The second kappa shape index (κ2) is 3.67. The molecular weight excluding hydrogens is 198 g/mol. The molecule has 0 amide bonds. The summed E-state index contributed by atoms with van der Waals surface area (Å²) >= 11 is 0. The predicted octanol–water partition coefficient (Wildman–Crippen LogP) is 2.39. The number of hydrogen-bond acceptors (Lipinski definition) is 2. The summed E-state index contributed by atoms with van der Waals surface area (Å²) in [6.07, 6.45) is 6.54. The summed E-state index contributed by atoms with van der Waals surface area (Å²) in [7, 11) is 0. The first-order valence-electron chi connectivity index (χ1n) is 5.67. The van der Waals surface area contributed by atoms with E-state index in [1.807, 2.05) is 24.7 Å². The van der Waals surface area contributed by atoms with Crippen LogP contribution < -0.4 is 5.73 Å². The van der Waals surface area contributed by atoms with Crippen LogP contribution in [0.2, 0.25) is 0 Å². The van der Waals surface area contributed by atoms with Crippen molar-refractivity contribution >= 4 is 5.69 Å². The van der Waals surface area contributed by atoms with Crippen LogP contribution in [0.3, 0.4) is 0 Å². The third-order valence-corrected chi connectivity index (χ3v) is 3.07. The largest absolute Gasteiger partial charge is 0.399 e. The Morgan fingerprint density at radius 2 is 2.00 bits per heavy atom. The Labute approximate surface area is 94.9 Å². The van der Waals surface area contributed by atoms with Crippen molar-refractivity contribution in [2.75, 3.05) is 5.73 Å². The third kappa shape index (κ3) is 1.81. The van der Waals surface area contributed by atoms with Gasteiger partial charge in [-0.2, -0.15) is 0 Å². The molecule has 1 aromatic heterocycles. The van der Waals surface area contributed by atoms with Crippen LogP contribution >= 0.6 is 0 Å². The number of benzene rings is 1. The maximum absolute atomic E-state index is 5.67. The average Bonchev–Trinajstić information content (AvgIpc) is 3.03. The van der Waals surface area contributed by atoms with Crippen molar-refractivity contribution in [3.05, 3.63) is 48.0 Å². The highest BCUT2D eigenvalue weighted by Gasteiger charge is 2.26. The van der Waals surface area contributed by atoms with Gasteiger partial charge in [0.05, 0.1) is 6.33 Å². The summed E-state index contributed by atoms with van der Waals surface area (Å²) in [5.74, 6) is 0.747. The van der Waals surface area contributed by atoms with Crippen molar-refractivity contribution < 1.29 is 0 Å². The first kappa shape index (κ1) is 9.46. The third-order valence-electron chi connectivity index (χ3n) is 3.07. The van der Waals surface area contributed by atoms with E-state index < -0.39 is 0 Å². The minimum absolute atomic E-state index is 0.747. The molecule has 2 N–H and O–H groups in total. The lowest BCUT2D eigenvalue weighted by Crippen LogP contribution is -2.02. The van der Waals surface area contributed by atoms with Crippen molar-refractivity contribution in [3.63, 3.8) is 0 Å². The number of rotatable bonds is 3. The lowest BCUT2D eigenvalue weighted by Gasteiger charge is -2.07. The standard InChI is InChI=1S/C13H15N3/c14-12-5-1-10(2-6-12)8-16-9-15-7-13(16)11-3-4-11/h1-2,5-7,9,11H,3-4,8,14H2. The van der Waals surface area contributed by atoms with Crippen molar-refractivity contribution in [2.24, 2.45) is 0 Å². The van der Waals surface area contributed by atoms with Crippen LogP contribution in [0.4, 0.5) is 5.69 Å². The molecule has 0 radical (unpaired) electrons. The molecule has 1 aliphatic carbocycles. The molecule has 1 saturated carbocycles. The summed E-state index contributed by atoms with van der Waals surface area (Å²) in [4.78, 5) is 4.24. The first-order chi connectivity index (χ1) is 7.83. The van der Waals surface area contributed by atoms with Crippen LogP contribution in [0.15, 0.2) is 36.8 Å². The van der Waals surface area contributed by atoms with Gasteiger partial charge in [-0.1, -0.05) is 12.1 Å². The number of nitrogen functional groups attached to an aromatic ring is 1. The second-order valence-electron chi connectivity index (χ2n) is 4.46. The van der Waals surface area contributed by atoms with E-state index in [2.05, 4.69) is 21.7 Å². The molecule has 3 nitrogen and oxygen atoms in total. The van der Waals surface area contributed by atoms with Gasteiger partial charge >= 0.3 is 0 Å². The highest BCUT2D eigenvalue weighted by atomic mass is 15.0. The minimum atomic E-state index is 0.747. The smallest absolute Gasteiger partial charge is 0.0951 e. The molecule has 82 valence electrons. The summed E-state index contributed by atoms with van der Waals surface area (Å²) in [5, 5.41) is 0. The number of anilines is 1. The van der Waals surface area contributed by atoms with Crippen LogP contribution in [0, 0.1) is 0 Å². The molecular formula is C13H15N3. The van der Waals surface area contributed by atoms with E-state index >= 15 is 0 Å². The Hall–Kier alpha value is -1.77. The van der Waals surface area contributed by atoms with E-state index in [1.165, 1.54) is 24.1 Å². The van der Waals surface area contributed by atoms with E-state index in [-0.39, 0.29) is 0 Å². The van der Waals surface area contributed by atoms with E-state index in [0.29, 0.717) is 0 Å². The van der Waals surface area contributed by atoms with Crippen LogP contribution in [0.25, 0.3) is 0 Å². The summed E-state index contributed by atoms with van der Waals surface area (Å²) in [6.45, 7) is 0.895. The highest BCUT2D eigenvalue weighted by Crippen LogP contribution is 2.39. The Morgan fingerprint density at radius 3 is 2.69 bits per heavy atom. The van der Waals surface area contributed by atoms with Gasteiger partial charge in [0, 0.05) is 30.0 Å². The second-order valence-corrected chi connectivity index (χ2v) is 4.46. The van der Waals surface area contributed by atoms with Crippen molar-refractivity contribution in [2.45, 2.75) is 25.3 Å². The molecule has 3 rings (SSSR count). The molecule has 16 heavy (non-hydrogen) atoms. The number of aromatic nitrogens is 2. The summed E-state index contributed by atoms with van der Waals surface area (Å²) in [5.41, 5.74) is 9.13. The molecule has 0 unspecified atom stereocenters. The van der Waals surface area contributed by atoms with Crippen molar-refractivity contribution in [3.8, 4) is 0 Å². The number of nitrogens with zero attached hydrogens (tertiary/aromatic N) is 2. The molecule has 1 aliphatic rings. The van der Waals surface area contributed by atoms with Gasteiger partial charge < -0.3 is 10.3 Å². The molecule has 0 aliphatic heterocycles. The summed E-state index contributed by atoms with van der Waals surface area (Å²) in [6, 6.07) is 8.05. The first-order valence-corrected chi connectivity index (χ1v) is 5.67.